The molecule has 0 radical (unpaired) electrons. The Kier molecular flexibility index (Phi) is 6.08. The summed E-state index contributed by atoms with van der Waals surface area (Å²) in [5, 5.41) is 23.7. The average Bonchev–Trinajstić information content (AvgIpc) is 2.74. The maximum atomic E-state index is 13.7. The molecule has 3 heterocycles. The van der Waals surface area contributed by atoms with Crippen molar-refractivity contribution < 1.29 is 19.0 Å². The summed E-state index contributed by atoms with van der Waals surface area (Å²) in [5.41, 5.74) is 1.40. The van der Waals surface area contributed by atoms with Gasteiger partial charge in [0.15, 0.2) is 17.2 Å². The molecule has 0 amide bonds. The van der Waals surface area contributed by atoms with E-state index in [-0.39, 0.29) is 18.1 Å². The quantitative estimate of drug-likeness (QED) is 0.572. The molecule has 1 aliphatic rings. The van der Waals surface area contributed by atoms with Crippen molar-refractivity contribution in [2.45, 2.75) is 51.0 Å². The first kappa shape index (κ1) is 21.5. The van der Waals surface area contributed by atoms with Crippen molar-refractivity contribution in [3.8, 4) is 11.3 Å². The number of rotatable bonds is 5. The molecule has 3 atom stereocenters. The summed E-state index contributed by atoms with van der Waals surface area (Å²) < 4.78 is 28.2. The molecule has 0 saturated carbocycles. The average molecular weight is 430 g/mol. The van der Waals surface area contributed by atoms with Crippen LogP contribution < -0.4 is 10.9 Å². The number of fused-ring (bicyclic) bond motifs is 1. The second-order valence-corrected chi connectivity index (χ2v) is 8.01. The van der Waals surface area contributed by atoms with Gasteiger partial charge in [-0.2, -0.15) is 0 Å². The summed E-state index contributed by atoms with van der Waals surface area (Å²) in [6.07, 6.45) is 1.83. The summed E-state index contributed by atoms with van der Waals surface area (Å²) in [6.45, 7) is 2.54. The smallest absolute Gasteiger partial charge is 0.279 e. The lowest BCUT2D eigenvalue weighted by molar-refractivity contribution is 0.0539. The standard InChI is InChI=1S/C22H24F2N4O3/c1-12-7-17(13-4-5-15(23)16(24)8-13)27-21-20(12)26-11-28(22(21)31)10-14(29)9-18-19(30)3-2-6-25-18/h4-5,7-8,11,14,18-19,25,29-30H,2-3,6,9-10H2,1H3/t14?,18-,19+/m1/s1. The van der Waals surface area contributed by atoms with E-state index in [2.05, 4.69) is 15.3 Å². The molecule has 164 valence electrons. The van der Waals surface area contributed by atoms with Gasteiger partial charge in [-0.3, -0.25) is 9.36 Å². The van der Waals surface area contributed by atoms with Crippen molar-refractivity contribution in [3.63, 3.8) is 0 Å². The number of aliphatic hydroxyl groups is 2. The summed E-state index contributed by atoms with van der Waals surface area (Å²) in [6, 6.07) is 4.87. The molecule has 1 saturated heterocycles. The third-order valence-electron chi connectivity index (χ3n) is 5.67. The van der Waals surface area contributed by atoms with E-state index in [1.807, 2.05) is 0 Å². The van der Waals surface area contributed by atoms with Crippen molar-refractivity contribution in [3.05, 3.63) is 58.1 Å². The lowest BCUT2D eigenvalue weighted by Gasteiger charge is -2.30. The largest absolute Gasteiger partial charge is 0.392 e. The molecule has 3 aromatic rings. The molecule has 2 aromatic heterocycles. The van der Waals surface area contributed by atoms with E-state index in [0.29, 0.717) is 35.2 Å². The summed E-state index contributed by atoms with van der Waals surface area (Å²) in [7, 11) is 0. The van der Waals surface area contributed by atoms with Crippen LogP contribution in [-0.2, 0) is 6.54 Å². The SMILES string of the molecule is Cc1cc(-c2ccc(F)c(F)c2)nc2c(=O)n(CC(O)C[C@H]3NCCC[C@@H]3O)cnc12. The van der Waals surface area contributed by atoms with E-state index in [1.54, 1.807) is 13.0 Å². The Morgan fingerprint density at radius 2 is 2.06 bits per heavy atom. The number of aliphatic hydroxyl groups excluding tert-OH is 2. The molecule has 1 aromatic carbocycles. The lowest BCUT2D eigenvalue weighted by atomic mass is 9.96. The first-order valence-electron chi connectivity index (χ1n) is 10.2. The minimum atomic E-state index is -0.998. The van der Waals surface area contributed by atoms with E-state index < -0.39 is 29.4 Å². The van der Waals surface area contributed by atoms with E-state index in [1.165, 1.54) is 17.0 Å². The summed E-state index contributed by atoms with van der Waals surface area (Å²) >= 11 is 0. The number of halogens is 2. The van der Waals surface area contributed by atoms with Crippen molar-refractivity contribution in [1.29, 1.82) is 0 Å². The Bertz CT molecular complexity index is 1170. The molecular formula is C22H24F2N4O3. The monoisotopic (exact) mass is 430 g/mol. The Morgan fingerprint density at radius 1 is 1.26 bits per heavy atom. The topological polar surface area (TPSA) is 100 Å². The van der Waals surface area contributed by atoms with E-state index in [4.69, 9.17) is 0 Å². The van der Waals surface area contributed by atoms with Crippen LogP contribution in [0.5, 0.6) is 0 Å². The second kappa shape index (κ2) is 8.78. The Hall–Kier alpha value is -2.75. The molecule has 9 heteroatoms. The highest BCUT2D eigenvalue weighted by molar-refractivity contribution is 5.80. The second-order valence-electron chi connectivity index (χ2n) is 8.01. The van der Waals surface area contributed by atoms with Crippen molar-refractivity contribution in [2.24, 2.45) is 0 Å². The van der Waals surface area contributed by atoms with Gasteiger partial charge in [-0.1, -0.05) is 0 Å². The Labute approximate surface area is 177 Å². The molecule has 0 spiro atoms. The van der Waals surface area contributed by atoms with E-state index >= 15 is 0 Å². The molecule has 1 fully saturated rings. The van der Waals surface area contributed by atoms with Crippen LogP contribution in [0.4, 0.5) is 8.78 Å². The van der Waals surface area contributed by atoms with Gasteiger partial charge in [-0.15, -0.1) is 0 Å². The predicted molar refractivity (Wildman–Crippen MR) is 112 cm³/mol. The molecule has 3 N–H and O–H groups in total. The number of hydrogen-bond donors (Lipinski definition) is 3. The first-order chi connectivity index (χ1) is 14.8. The number of nitrogens with zero attached hydrogens (tertiary/aromatic N) is 3. The number of hydrogen-bond acceptors (Lipinski definition) is 6. The zero-order valence-electron chi connectivity index (χ0n) is 17.1. The fourth-order valence-corrected chi connectivity index (χ4v) is 4.00. The molecule has 0 bridgehead atoms. The number of benzene rings is 1. The Morgan fingerprint density at radius 3 is 2.81 bits per heavy atom. The summed E-state index contributed by atoms with van der Waals surface area (Å²) in [5.74, 6) is -1.96. The van der Waals surface area contributed by atoms with Gasteiger partial charge < -0.3 is 15.5 Å². The molecule has 0 aliphatic carbocycles. The zero-order chi connectivity index (χ0) is 22.1. The number of pyridine rings is 1. The lowest BCUT2D eigenvalue weighted by Crippen LogP contribution is -2.47. The third-order valence-corrected chi connectivity index (χ3v) is 5.67. The van der Waals surface area contributed by atoms with Gasteiger partial charge in [0.2, 0.25) is 0 Å². The molecule has 4 rings (SSSR count). The van der Waals surface area contributed by atoms with Crippen LogP contribution in [0.15, 0.2) is 35.4 Å². The molecule has 1 aliphatic heterocycles. The van der Waals surface area contributed by atoms with Gasteiger partial charge in [0.05, 0.1) is 36.3 Å². The van der Waals surface area contributed by atoms with Crippen LogP contribution in [0.2, 0.25) is 0 Å². The first-order valence-corrected chi connectivity index (χ1v) is 10.2. The van der Waals surface area contributed by atoms with Gasteiger partial charge >= 0.3 is 0 Å². The van der Waals surface area contributed by atoms with Gasteiger partial charge in [0.1, 0.15) is 0 Å². The van der Waals surface area contributed by atoms with Crippen molar-refractivity contribution >= 4 is 11.0 Å². The van der Waals surface area contributed by atoms with Crippen LogP contribution in [0.25, 0.3) is 22.3 Å². The van der Waals surface area contributed by atoms with Crippen LogP contribution in [0.3, 0.4) is 0 Å². The molecule has 1 unspecified atom stereocenters. The van der Waals surface area contributed by atoms with Crippen LogP contribution in [-0.4, -0.2) is 49.5 Å². The van der Waals surface area contributed by atoms with E-state index in [0.717, 1.165) is 25.1 Å². The number of aromatic nitrogens is 3. The third kappa shape index (κ3) is 4.48. The van der Waals surface area contributed by atoms with Crippen molar-refractivity contribution in [2.75, 3.05) is 6.54 Å². The Balaban J connectivity index is 1.64. The van der Waals surface area contributed by atoms with Crippen molar-refractivity contribution in [1.82, 2.24) is 19.9 Å². The predicted octanol–water partition coefficient (Wildman–Crippen LogP) is 1.91. The minimum absolute atomic E-state index is 0.00278. The van der Waals surface area contributed by atoms with Gasteiger partial charge in [-0.25, -0.2) is 18.7 Å². The fraction of sp³-hybridized carbons (Fsp3) is 0.409. The maximum absolute atomic E-state index is 13.7. The molecule has 7 nitrogen and oxygen atoms in total. The summed E-state index contributed by atoms with van der Waals surface area (Å²) in [4.78, 5) is 21.7. The number of aryl methyl sites for hydroxylation is 1. The molecular weight excluding hydrogens is 406 g/mol. The van der Waals surface area contributed by atoms with Crippen LogP contribution in [0, 0.1) is 18.6 Å². The van der Waals surface area contributed by atoms with Gasteiger partial charge in [0.25, 0.3) is 5.56 Å². The highest BCUT2D eigenvalue weighted by Gasteiger charge is 2.25. The highest BCUT2D eigenvalue weighted by atomic mass is 19.2. The fourth-order valence-electron chi connectivity index (χ4n) is 4.00. The highest BCUT2D eigenvalue weighted by Crippen LogP contribution is 2.23. The minimum Gasteiger partial charge on any atom is -0.392 e. The maximum Gasteiger partial charge on any atom is 0.279 e. The number of piperidine rings is 1. The van der Waals surface area contributed by atoms with Gasteiger partial charge in [0, 0.05) is 11.6 Å². The zero-order valence-corrected chi connectivity index (χ0v) is 17.1. The molecule has 31 heavy (non-hydrogen) atoms. The number of nitrogens with one attached hydrogen (secondary N) is 1. The van der Waals surface area contributed by atoms with Gasteiger partial charge in [-0.05, 0) is 62.6 Å². The normalized spacial score (nSPS) is 20.2. The van der Waals surface area contributed by atoms with E-state index in [9.17, 15) is 23.8 Å². The van der Waals surface area contributed by atoms with Crippen LogP contribution >= 0.6 is 0 Å². The van der Waals surface area contributed by atoms with Crippen LogP contribution in [0.1, 0.15) is 24.8 Å².